The van der Waals surface area contributed by atoms with Gasteiger partial charge in [-0.05, 0) is 41.2 Å². The van der Waals surface area contributed by atoms with Crippen LogP contribution in [0.25, 0.3) is 0 Å². The van der Waals surface area contributed by atoms with Gasteiger partial charge in [-0.25, -0.2) is 0 Å². The van der Waals surface area contributed by atoms with E-state index in [0.717, 1.165) is 17.6 Å². The van der Waals surface area contributed by atoms with Gasteiger partial charge in [-0.2, -0.15) is 5.10 Å². The molecule has 1 aromatic heterocycles. The Morgan fingerprint density at radius 2 is 2.43 bits per heavy atom. The molecule has 14 heavy (non-hydrogen) atoms. The van der Waals surface area contributed by atoms with Gasteiger partial charge in [-0.1, -0.05) is 6.92 Å². The lowest BCUT2D eigenvalue weighted by Crippen LogP contribution is -2.17. The second-order valence-corrected chi connectivity index (χ2v) is 5.05. The summed E-state index contributed by atoms with van der Waals surface area (Å²) in [5, 5.41) is 4.57. The number of hydrogen-bond donors (Lipinski definition) is 1. The van der Waals surface area contributed by atoms with E-state index in [9.17, 15) is 0 Å². The highest BCUT2D eigenvalue weighted by molar-refractivity contribution is 9.10. The summed E-state index contributed by atoms with van der Waals surface area (Å²) in [6, 6.07) is 0. The van der Waals surface area contributed by atoms with Gasteiger partial charge in [0.15, 0.2) is 0 Å². The summed E-state index contributed by atoms with van der Waals surface area (Å²) in [4.78, 5) is 0. The number of aromatic nitrogens is 2. The molecule has 3 nitrogen and oxygen atoms in total. The standard InChI is InChI=1S/C10H16BrN3/c1-7(4-12)5-14-6-9(11)10(13-14)8-2-3-8/h6-8H,2-5,12H2,1H3. The SMILES string of the molecule is CC(CN)Cn1cc(Br)c(C2CC2)n1. The van der Waals surface area contributed by atoms with E-state index in [2.05, 4.69) is 34.1 Å². The molecule has 4 heteroatoms. The Morgan fingerprint density at radius 1 is 1.71 bits per heavy atom. The van der Waals surface area contributed by atoms with Crippen LogP contribution in [-0.2, 0) is 6.54 Å². The highest BCUT2D eigenvalue weighted by Crippen LogP contribution is 2.42. The summed E-state index contributed by atoms with van der Waals surface area (Å²) in [5.41, 5.74) is 6.81. The Morgan fingerprint density at radius 3 is 3.00 bits per heavy atom. The van der Waals surface area contributed by atoms with Gasteiger partial charge in [0.1, 0.15) is 0 Å². The van der Waals surface area contributed by atoms with Crippen LogP contribution >= 0.6 is 15.9 Å². The molecule has 0 spiro atoms. The molecule has 1 aliphatic carbocycles. The number of halogens is 1. The third-order valence-corrected chi connectivity index (χ3v) is 3.22. The highest BCUT2D eigenvalue weighted by Gasteiger charge is 2.28. The molecule has 0 aromatic carbocycles. The maximum absolute atomic E-state index is 5.58. The Balaban J connectivity index is 2.07. The topological polar surface area (TPSA) is 43.8 Å². The summed E-state index contributed by atoms with van der Waals surface area (Å²) in [7, 11) is 0. The molecule has 0 saturated heterocycles. The van der Waals surface area contributed by atoms with E-state index < -0.39 is 0 Å². The Kier molecular flexibility index (Phi) is 2.93. The van der Waals surface area contributed by atoms with Crippen LogP contribution in [-0.4, -0.2) is 16.3 Å². The fourth-order valence-corrected chi connectivity index (χ4v) is 2.17. The molecule has 0 radical (unpaired) electrons. The van der Waals surface area contributed by atoms with Crippen LogP contribution in [0.5, 0.6) is 0 Å². The van der Waals surface area contributed by atoms with Crippen LogP contribution in [0.15, 0.2) is 10.7 Å². The van der Waals surface area contributed by atoms with Crippen molar-refractivity contribution >= 4 is 15.9 Å². The quantitative estimate of drug-likeness (QED) is 0.898. The first-order valence-electron chi connectivity index (χ1n) is 5.13. The molecular formula is C10H16BrN3. The number of nitrogens with two attached hydrogens (primary N) is 1. The fourth-order valence-electron chi connectivity index (χ4n) is 1.53. The van der Waals surface area contributed by atoms with Gasteiger partial charge in [0.05, 0.1) is 10.2 Å². The molecule has 0 amide bonds. The van der Waals surface area contributed by atoms with Crippen molar-refractivity contribution in [2.24, 2.45) is 11.7 Å². The van der Waals surface area contributed by atoms with E-state index in [1.165, 1.54) is 18.5 Å². The van der Waals surface area contributed by atoms with E-state index in [1.807, 2.05) is 4.68 Å². The van der Waals surface area contributed by atoms with Crippen molar-refractivity contribution in [3.8, 4) is 0 Å². The molecule has 2 N–H and O–H groups in total. The molecule has 1 atom stereocenters. The summed E-state index contributed by atoms with van der Waals surface area (Å²) in [6.45, 7) is 3.78. The van der Waals surface area contributed by atoms with Gasteiger partial charge in [0, 0.05) is 18.7 Å². The molecule has 0 bridgehead atoms. The van der Waals surface area contributed by atoms with Crippen LogP contribution in [0.2, 0.25) is 0 Å². The number of hydrogen-bond acceptors (Lipinski definition) is 2. The smallest absolute Gasteiger partial charge is 0.0797 e. The van der Waals surface area contributed by atoms with Crippen molar-refractivity contribution in [3.63, 3.8) is 0 Å². The van der Waals surface area contributed by atoms with Crippen LogP contribution in [0, 0.1) is 5.92 Å². The zero-order valence-electron chi connectivity index (χ0n) is 8.41. The lowest BCUT2D eigenvalue weighted by molar-refractivity contribution is 0.456. The molecule has 1 aliphatic rings. The molecule has 1 unspecified atom stereocenters. The maximum atomic E-state index is 5.58. The van der Waals surface area contributed by atoms with Gasteiger partial charge >= 0.3 is 0 Å². The van der Waals surface area contributed by atoms with E-state index in [-0.39, 0.29) is 0 Å². The van der Waals surface area contributed by atoms with Crippen molar-refractivity contribution in [1.82, 2.24) is 9.78 Å². The van der Waals surface area contributed by atoms with Gasteiger partial charge in [0.2, 0.25) is 0 Å². The zero-order valence-corrected chi connectivity index (χ0v) is 10.00. The first kappa shape index (κ1) is 10.2. The minimum absolute atomic E-state index is 0.494. The van der Waals surface area contributed by atoms with Crippen molar-refractivity contribution in [1.29, 1.82) is 0 Å². The van der Waals surface area contributed by atoms with Crippen LogP contribution in [0.4, 0.5) is 0 Å². The maximum Gasteiger partial charge on any atom is 0.0797 e. The van der Waals surface area contributed by atoms with Crippen LogP contribution < -0.4 is 5.73 Å². The summed E-state index contributed by atoms with van der Waals surface area (Å²) in [5.74, 6) is 1.20. The lowest BCUT2D eigenvalue weighted by Gasteiger charge is -2.07. The molecule has 78 valence electrons. The molecular weight excluding hydrogens is 242 g/mol. The van der Waals surface area contributed by atoms with Crippen molar-refractivity contribution < 1.29 is 0 Å². The zero-order chi connectivity index (χ0) is 10.1. The van der Waals surface area contributed by atoms with E-state index in [0.29, 0.717) is 11.8 Å². The van der Waals surface area contributed by atoms with Gasteiger partial charge < -0.3 is 5.73 Å². The third kappa shape index (κ3) is 2.17. The largest absolute Gasteiger partial charge is 0.330 e. The van der Waals surface area contributed by atoms with E-state index in [4.69, 9.17) is 5.73 Å². The number of rotatable bonds is 4. The Bertz CT molecular complexity index is 317. The average Bonchev–Trinajstić information content (AvgIpc) is 2.92. The average molecular weight is 258 g/mol. The second-order valence-electron chi connectivity index (χ2n) is 4.20. The summed E-state index contributed by atoms with van der Waals surface area (Å²) >= 11 is 3.55. The van der Waals surface area contributed by atoms with E-state index in [1.54, 1.807) is 0 Å². The second kappa shape index (κ2) is 4.03. The van der Waals surface area contributed by atoms with Crippen LogP contribution in [0.3, 0.4) is 0 Å². The molecule has 1 heterocycles. The minimum Gasteiger partial charge on any atom is -0.330 e. The third-order valence-electron chi connectivity index (χ3n) is 2.61. The van der Waals surface area contributed by atoms with Gasteiger partial charge in [0.25, 0.3) is 0 Å². The summed E-state index contributed by atoms with van der Waals surface area (Å²) in [6.07, 6.45) is 4.66. The predicted molar refractivity (Wildman–Crippen MR) is 60.1 cm³/mol. The Hall–Kier alpha value is -0.350. The molecule has 1 fully saturated rings. The molecule has 0 aliphatic heterocycles. The normalized spacial score (nSPS) is 18.5. The summed E-state index contributed by atoms with van der Waals surface area (Å²) < 4.78 is 3.17. The van der Waals surface area contributed by atoms with Crippen molar-refractivity contribution in [2.45, 2.75) is 32.2 Å². The highest BCUT2D eigenvalue weighted by atomic mass is 79.9. The van der Waals surface area contributed by atoms with E-state index >= 15 is 0 Å². The van der Waals surface area contributed by atoms with Crippen molar-refractivity contribution in [3.05, 3.63) is 16.4 Å². The lowest BCUT2D eigenvalue weighted by atomic mass is 10.2. The molecule has 1 aromatic rings. The fraction of sp³-hybridized carbons (Fsp3) is 0.700. The van der Waals surface area contributed by atoms with Crippen LogP contribution in [0.1, 0.15) is 31.4 Å². The monoisotopic (exact) mass is 257 g/mol. The van der Waals surface area contributed by atoms with Crippen molar-refractivity contribution in [2.75, 3.05) is 6.54 Å². The minimum atomic E-state index is 0.494. The van der Waals surface area contributed by atoms with Gasteiger partial charge in [-0.15, -0.1) is 0 Å². The molecule has 1 saturated carbocycles. The number of nitrogens with zero attached hydrogens (tertiary/aromatic N) is 2. The molecule has 2 rings (SSSR count). The predicted octanol–water partition coefficient (Wildman–Crippen LogP) is 2.12. The first-order chi connectivity index (χ1) is 6.70. The Labute approximate surface area is 92.8 Å². The van der Waals surface area contributed by atoms with Gasteiger partial charge in [-0.3, -0.25) is 4.68 Å². The first-order valence-corrected chi connectivity index (χ1v) is 5.93.